The highest BCUT2D eigenvalue weighted by molar-refractivity contribution is 5.77. The molecule has 18 heavy (non-hydrogen) atoms. The Morgan fingerprint density at radius 1 is 1.39 bits per heavy atom. The SMILES string of the molecule is CC(C)(C)OOC(=O)[C@@H](N)CCC(=O)OC=C=O. The van der Waals surface area contributed by atoms with E-state index >= 15 is 0 Å². The molecule has 0 aliphatic carbocycles. The quantitative estimate of drug-likeness (QED) is 0.240. The van der Waals surface area contributed by atoms with Crippen LogP contribution < -0.4 is 5.73 Å². The summed E-state index contributed by atoms with van der Waals surface area (Å²) in [6.07, 6.45) is 0.497. The molecule has 0 saturated carbocycles. The van der Waals surface area contributed by atoms with E-state index in [1.165, 1.54) is 5.94 Å². The van der Waals surface area contributed by atoms with E-state index in [0.717, 1.165) is 0 Å². The standard InChI is InChI=1S/C11H17NO6/c1-11(2,3)18-17-10(15)8(12)4-5-9(14)16-7-6-13/h7-8H,4-5,12H2,1-3H3/t8-/m0/s1. The Kier molecular flexibility index (Phi) is 6.89. The van der Waals surface area contributed by atoms with Crippen LogP contribution in [0.4, 0.5) is 0 Å². The van der Waals surface area contributed by atoms with Crippen molar-refractivity contribution in [3.8, 4) is 0 Å². The van der Waals surface area contributed by atoms with Crippen LogP contribution in [0.1, 0.15) is 33.6 Å². The summed E-state index contributed by atoms with van der Waals surface area (Å²) in [6.45, 7) is 5.11. The molecule has 102 valence electrons. The van der Waals surface area contributed by atoms with Crippen molar-refractivity contribution in [2.75, 3.05) is 0 Å². The topological polar surface area (TPSA) is 105 Å². The van der Waals surface area contributed by atoms with Crippen molar-refractivity contribution in [1.29, 1.82) is 0 Å². The molecule has 0 bridgehead atoms. The molecule has 0 saturated heterocycles. The maximum Gasteiger partial charge on any atom is 0.358 e. The number of hydrogen-bond acceptors (Lipinski definition) is 7. The van der Waals surface area contributed by atoms with E-state index in [9.17, 15) is 14.4 Å². The van der Waals surface area contributed by atoms with Gasteiger partial charge in [0.1, 0.15) is 11.6 Å². The number of nitrogens with two attached hydrogens (primary N) is 1. The van der Waals surface area contributed by atoms with Gasteiger partial charge < -0.3 is 10.5 Å². The van der Waals surface area contributed by atoms with Crippen LogP contribution in [0.3, 0.4) is 0 Å². The van der Waals surface area contributed by atoms with Gasteiger partial charge >= 0.3 is 11.9 Å². The van der Waals surface area contributed by atoms with Gasteiger partial charge in [0.25, 0.3) is 0 Å². The van der Waals surface area contributed by atoms with Crippen LogP contribution in [0.2, 0.25) is 0 Å². The lowest BCUT2D eigenvalue weighted by Gasteiger charge is -2.18. The molecular formula is C11H17NO6. The molecule has 0 aliphatic heterocycles. The summed E-state index contributed by atoms with van der Waals surface area (Å²) < 4.78 is 4.31. The predicted molar refractivity (Wildman–Crippen MR) is 60.5 cm³/mol. The lowest BCUT2D eigenvalue weighted by molar-refractivity contribution is -0.321. The fourth-order valence-electron chi connectivity index (χ4n) is 0.768. The van der Waals surface area contributed by atoms with Crippen LogP contribution in [-0.2, 0) is 28.9 Å². The molecule has 0 heterocycles. The van der Waals surface area contributed by atoms with Gasteiger partial charge in [-0.15, -0.1) is 0 Å². The minimum Gasteiger partial charge on any atom is -0.422 e. The van der Waals surface area contributed by atoms with Crippen LogP contribution in [0.5, 0.6) is 0 Å². The zero-order valence-corrected chi connectivity index (χ0v) is 10.6. The van der Waals surface area contributed by atoms with E-state index in [1.54, 1.807) is 20.8 Å². The summed E-state index contributed by atoms with van der Waals surface area (Å²) in [6, 6.07) is -1.000. The van der Waals surface area contributed by atoms with Crippen LogP contribution in [-0.4, -0.2) is 29.5 Å². The van der Waals surface area contributed by atoms with Crippen molar-refractivity contribution in [2.24, 2.45) is 5.73 Å². The first-order chi connectivity index (χ1) is 8.26. The smallest absolute Gasteiger partial charge is 0.358 e. The second-order valence-corrected chi connectivity index (χ2v) is 4.47. The summed E-state index contributed by atoms with van der Waals surface area (Å²) in [7, 11) is 0. The minimum atomic E-state index is -1.000. The van der Waals surface area contributed by atoms with Crippen LogP contribution in [0.15, 0.2) is 6.26 Å². The van der Waals surface area contributed by atoms with Gasteiger partial charge in [-0.1, -0.05) is 0 Å². The largest absolute Gasteiger partial charge is 0.422 e. The van der Waals surface area contributed by atoms with Gasteiger partial charge in [0.15, 0.2) is 12.2 Å². The van der Waals surface area contributed by atoms with Gasteiger partial charge in [-0.3, -0.25) is 9.68 Å². The molecule has 7 nitrogen and oxygen atoms in total. The van der Waals surface area contributed by atoms with Gasteiger partial charge in [0, 0.05) is 6.42 Å². The van der Waals surface area contributed by atoms with E-state index in [2.05, 4.69) is 9.62 Å². The molecule has 0 aromatic rings. The molecule has 2 N–H and O–H groups in total. The highest BCUT2D eigenvalue weighted by atomic mass is 17.2. The van der Waals surface area contributed by atoms with Crippen molar-refractivity contribution >= 4 is 17.9 Å². The van der Waals surface area contributed by atoms with Gasteiger partial charge in [0.2, 0.25) is 0 Å². The third-order valence-electron chi connectivity index (χ3n) is 1.57. The molecule has 0 amide bonds. The van der Waals surface area contributed by atoms with Crippen LogP contribution in [0.25, 0.3) is 0 Å². The van der Waals surface area contributed by atoms with Crippen molar-refractivity contribution < 1.29 is 28.9 Å². The summed E-state index contributed by atoms with van der Waals surface area (Å²) in [4.78, 5) is 41.3. The number of ether oxygens (including phenoxy) is 1. The van der Waals surface area contributed by atoms with Crippen molar-refractivity contribution in [1.82, 2.24) is 0 Å². The van der Waals surface area contributed by atoms with Crippen LogP contribution in [0, 0.1) is 0 Å². The zero-order valence-electron chi connectivity index (χ0n) is 10.6. The van der Waals surface area contributed by atoms with E-state index in [-0.39, 0.29) is 12.8 Å². The van der Waals surface area contributed by atoms with E-state index < -0.39 is 23.6 Å². The Morgan fingerprint density at radius 3 is 2.50 bits per heavy atom. The summed E-state index contributed by atoms with van der Waals surface area (Å²) in [5.41, 5.74) is 4.84. The Balaban J connectivity index is 3.94. The van der Waals surface area contributed by atoms with Crippen molar-refractivity contribution in [3.05, 3.63) is 6.26 Å². The minimum absolute atomic E-state index is 0.0257. The Labute approximate surface area is 105 Å². The molecule has 0 spiro atoms. The third-order valence-corrected chi connectivity index (χ3v) is 1.57. The number of carbonyl (C=O) groups is 2. The van der Waals surface area contributed by atoms with Gasteiger partial charge in [0.05, 0.1) is 0 Å². The van der Waals surface area contributed by atoms with Crippen molar-refractivity contribution in [3.63, 3.8) is 0 Å². The molecule has 1 atom stereocenters. The Morgan fingerprint density at radius 2 is 2.00 bits per heavy atom. The summed E-state index contributed by atoms with van der Waals surface area (Å²) in [5, 5.41) is 0. The highest BCUT2D eigenvalue weighted by Crippen LogP contribution is 2.08. The molecular weight excluding hydrogens is 242 g/mol. The lowest BCUT2D eigenvalue weighted by atomic mass is 10.2. The number of rotatable bonds is 6. The molecule has 7 heteroatoms. The average Bonchev–Trinajstić information content (AvgIpc) is 2.29. The van der Waals surface area contributed by atoms with Crippen molar-refractivity contribution in [2.45, 2.75) is 45.3 Å². The first-order valence-corrected chi connectivity index (χ1v) is 5.30. The molecule has 0 unspecified atom stereocenters. The average molecular weight is 259 g/mol. The lowest BCUT2D eigenvalue weighted by Crippen LogP contribution is -2.35. The first-order valence-electron chi connectivity index (χ1n) is 5.30. The number of carbonyl (C=O) groups excluding carboxylic acids is 3. The summed E-state index contributed by atoms with van der Waals surface area (Å²) >= 11 is 0. The first kappa shape index (κ1) is 16.3. The normalized spacial score (nSPS) is 12.2. The highest BCUT2D eigenvalue weighted by Gasteiger charge is 2.21. The molecule has 0 radical (unpaired) electrons. The second-order valence-electron chi connectivity index (χ2n) is 4.47. The van der Waals surface area contributed by atoms with Gasteiger partial charge in [-0.05, 0) is 27.2 Å². The Hall–Kier alpha value is -1.69. The zero-order chi connectivity index (χ0) is 14.2. The third kappa shape index (κ3) is 8.46. The Bertz CT molecular complexity index is 340. The monoisotopic (exact) mass is 259 g/mol. The van der Waals surface area contributed by atoms with E-state index in [4.69, 9.17) is 10.6 Å². The number of esters is 1. The maximum absolute atomic E-state index is 11.3. The van der Waals surface area contributed by atoms with Gasteiger partial charge in [-0.25, -0.2) is 9.59 Å². The molecule has 0 rings (SSSR count). The fourth-order valence-corrected chi connectivity index (χ4v) is 0.768. The summed E-state index contributed by atoms with van der Waals surface area (Å²) in [5.74, 6) is -0.171. The molecule has 0 aromatic carbocycles. The fraction of sp³-hybridized carbons (Fsp3) is 0.636. The van der Waals surface area contributed by atoms with E-state index in [0.29, 0.717) is 6.26 Å². The predicted octanol–water partition coefficient (Wildman–Crippen LogP) is 0.256. The molecule has 0 fully saturated rings. The van der Waals surface area contributed by atoms with E-state index in [1.807, 2.05) is 0 Å². The van der Waals surface area contributed by atoms with Crippen LogP contribution >= 0.6 is 0 Å². The molecule has 0 aliphatic rings. The van der Waals surface area contributed by atoms with Gasteiger partial charge in [-0.2, -0.15) is 4.89 Å². The molecule has 0 aromatic heterocycles. The maximum atomic E-state index is 11.3. The second kappa shape index (κ2) is 7.60. The number of hydrogen-bond donors (Lipinski definition) is 1.